The van der Waals surface area contributed by atoms with E-state index in [4.69, 9.17) is 4.74 Å². The molecule has 0 aliphatic heterocycles. The summed E-state index contributed by atoms with van der Waals surface area (Å²) in [4.78, 5) is 20.6. The first kappa shape index (κ1) is 10.9. The highest BCUT2D eigenvalue weighted by molar-refractivity contribution is 5.67. The molecule has 0 aliphatic carbocycles. The van der Waals surface area contributed by atoms with Crippen molar-refractivity contribution in [1.82, 2.24) is 0 Å². The van der Waals surface area contributed by atoms with Crippen molar-refractivity contribution in [2.75, 3.05) is 0 Å². The number of carbonyl (C=O) groups is 2. The fraction of sp³-hybridized carbons (Fsp3) is 0.556. The van der Waals surface area contributed by atoms with E-state index in [1.807, 2.05) is 13.8 Å². The Morgan fingerprint density at radius 1 is 1.42 bits per heavy atom. The van der Waals surface area contributed by atoms with Crippen LogP contribution in [0, 0.1) is 5.92 Å². The van der Waals surface area contributed by atoms with E-state index in [-0.39, 0.29) is 18.0 Å². The third-order valence-corrected chi connectivity index (χ3v) is 1.34. The molecule has 0 bridgehead atoms. The van der Waals surface area contributed by atoms with Crippen LogP contribution in [0.4, 0.5) is 0 Å². The molecule has 0 spiro atoms. The van der Waals surface area contributed by atoms with E-state index in [9.17, 15) is 9.59 Å². The molecule has 1 atom stereocenters. The molecule has 68 valence electrons. The van der Waals surface area contributed by atoms with E-state index >= 15 is 0 Å². The zero-order valence-corrected chi connectivity index (χ0v) is 7.61. The van der Waals surface area contributed by atoms with Gasteiger partial charge in [0.05, 0.1) is 0 Å². The standard InChI is InChI=1S/C9H14O3/c1-7(2)9(5-4-6-10)12-8(3)11/h4-7,9H,1-3H3/b5-4+. The monoisotopic (exact) mass is 170 g/mol. The van der Waals surface area contributed by atoms with Crippen molar-refractivity contribution < 1.29 is 14.3 Å². The van der Waals surface area contributed by atoms with Gasteiger partial charge in [-0.25, -0.2) is 0 Å². The van der Waals surface area contributed by atoms with E-state index in [2.05, 4.69) is 0 Å². The summed E-state index contributed by atoms with van der Waals surface area (Å²) in [5.74, 6) is -0.144. The second-order valence-corrected chi connectivity index (χ2v) is 2.84. The summed E-state index contributed by atoms with van der Waals surface area (Å²) in [5, 5.41) is 0. The molecule has 0 saturated carbocycles. The number of rotatable bonds is 4. The molecule has 0 rings (SSSR count). The Morgan fingerprint density at radius 3 is 2.33 bits per heavy atom. The maximum Gasteiger partial charge on any atom is 0.303 e. The van der Waals surface area contributed by atoms with Crippen LogP contribution < -0.4 is 0 Å². The first-order valence-electron chi connectivity index (χ1n) is 3.87. The maximum absolute atomic E-state index is 10.6. The molecular formula is C9H14O3. The number of aldehydes is 1. The first-order chi connectivity index (χ1) is 5.57. The van der Waals surface area contributed by atoms with Crippen LogP contribution in [0.25, 0.3) is 0 Å². The zero-order valence-electron chi connectivity index (χ0n) is 7.61. The molecule has 0 saturated heterocycles. The van der Waals surface area contributed by atoms with Crippen LogP contribution in [0.2, 0.25) is 0 Å². The van der Waals surface area contributed by atoms with Crippen LogP contribution in [0.3, 0.4) is 0 Å². The molecule has 1 unspecified atom stereocenters. The Labute approximate surface area is 72.4 Å². The SMILES string of the molecule is CC(=O)OC(/C=C/C=O)C(C)C. The average molecular weight is 170 g/mol. The van der Waals surface area contributed by atoms with Gasteiger partial charge in [0.25, 0.3) is 0 Å². The molecule has 0 aromatic rings. The van der Waals surface area contributed by atoms with Gasteiger partial charge in [-0.2, -0.15) is 0 Å². The van der Waals surface area contributed by atoms with Gasteiger partial charge in [0.2, 0.25) is 0 Å². The highest BCUT2D eigenvalue weighted by Crippen LogP contribution is 2.07. The number of allylic oxidation sites excluding steroid dienone is 1. The van der Waals surface area contributed by atoms with E-state index in [1.54, 1.807) is 6.08 Å². The van der Waals surface area contributed by atoms with Gasteiger partial charge >= 0.3 is 5.97 Å². The minimum Gasteiger partial charge on any atom is -0.458 e. The molecule has 0 aliphatic rings. The molecule has 0 aromatic heterocycles. The lowest BCUT2D eigenvalue weighted by molar-refractivity contribution is -0.145. The van der Waals surface area contributed by atoms with E-state index in [1.165, 1.54) is 13.0 Å². The minimum atomic E-state index is -0.329. The lowest BCUT2D eigenvalue weighted by atomic mass is 10.1. The van der Waals surface area contributed by atoms with Crippen LogP contribution in [0.15, 0.2) is 12.2 Å². The van der Waals surface area contributed by atoms with Crippen molar-refractivity contribution in [2.45, 2.75) is 26.9 Å². The van der Waals surface area contributed by atoms with Crippen LogP contribution in [-0.4, -0.2) is 18.4 Å². The summed E-state index contributed by atoms with van der Waals surface area (Å²) in [7, 11) is 0. The zero-order chi connectivity index (χ0) is 9.56. The molecule has 0 radical (unpaired) electrons. The predicted octanol–water partition coefficient (Wildman–Crippen LogP) is 1.33. The molecule has 3 nitrogen and oxygen atoms in total. The number of hydrogen-bond donors (Lipinski definition) is 0. The molecular weight excluding hydrogens is 156 g/mol. The summed E-state index contributed by atoms with van der Waals surface area (Å²) >= 11 is 0. The smallest absolute Gasteiger partial charge is 0.303 e. The van der Waals surface area contributed by atoms with Crippen molar-refractivity contribution in [2.24, 2.45) is 5.92 Å². The largest absolute Gasteiger partial charge is 0.458 e. The van der Waals surface area contributed by atoms with Crippen LogP contribution in [0.5, 0.6) is 0 Å². The Kier molecular flexibility index (Phi) is 5.00. The number of hydrogen-bond acceptors (Lipinski definition) is 3. The number of esters is 1. The highest BCUT2D eigenvalue weighted by atomic mass is 16.5. The molecule has 0 fully saturated rings. The number of ether oxygens (including phenoxy) is 1. The van der Waals surface area contributed by atoms with Gasteiger partial charge in [0, 0.05) is 6.92 Å². The summed E-state index contributed by atoms with van der Waals surface area (Å²) in [6, 6.07) is 0. The maximum atomic E-state index is 10.6. The molecule has 3 heteroatoms. The van der Waals surface area contributed by atoms with Gasteiger partial charge in [-0.05, 0) is 18.1 Å². The van der Waals surface area contributed by atoms with E-state index in [0.29, 0.717) is 6.29 Å². The molecule has 12 heavy (non-hydrogen) atoms. The second-order valence-electron chi connectivity index (χ2n) is 2.84. The molecule has 0 N–H and O–H groups in total. The third kappa shape index (κ3) is 4.66. The predicted molar refractivity (Wildman–Crippen MR) is 45.6 cm³/mol. The van der Waals surface area contributed by atoms with Crippen LogP contribution in [0.1, 0.15) is 20.8 Å². The summed E-state index contributed by atoms with van der Waals surface area (Å²) in [6.07, 6.45) is 3.29. The lowest BCUT2D eigenvalue weighted by Gasteiger charge is -2.15. The third-order valence-electron chi connectivity index (χ3n) is 1.34. The van der Waals surface area contributed by atoms with E-state index in [0.717, 1.165) is 0 Å². The van der Waals surface area contributed by atoms with Crippen molar-refractivity contribution in [3.63, 3.8) is 0 Å². The van der Waals surface area contributed by atoms with Gasteiger partial charge in [-0.1, -0.05) is 13.8 Å². The molecule has 0 amide bonds. The van der Waals surface area contributed by atoms with E-state index < -0.39 is 0 Å². The Hall–Kier alpha value is -1.12. The summed E-state index contributed by atoms with van der Waals surface area (Å²) in [6.45, 7) is 5.19. The van der Waals surface area contributed by atoms with Crippen molar-refractivity contribution >= 4 is 12.3 Å². The van der Waals surface area contributed by atoms with Gasteiger partial charge in [-0.3, -0.25) is 9.59 Å². The summed E-state index contributed by atoms with van der Waals surface area (Å²) < 4.78 is 4.93. The van der Waals surface area contributed by atoms with Crippen molar-refractivity contribution in [3.05, 3.63) is 12.2 Å². The van der Waals surface area contributed by atoms with Gasteiger partial charge in [0.15, 0.2) is 0 Å². The van der Waals surface area contributed by atoms with Crippen LogP contribution in [-0.2, 0) is 14.3 Å². The number of carbonyl (C=O) groups excluding carboxylic acids is 2. The highest BCUT2D eigenvalue weighted by Gasteiger charge is 2.11. The first-order valence-corrected chi connectivity index (χ1v) is 3.87. The Balaban J connectivity index is 4.13. The van der Waals surface area contributed by atoms with Crippen molar-refractivity contribution in [1.29, 1.82) is 0 Å². The second kappa shape index (κ2) is 5.52. The van der Waals surface area contributed by atoms with Gasteiger partial charge in [0.1, 0.15) is 12.4 Å². The molecule has 0 aromatic carbocycles. The van der Waals surface area contributed by atoms with Gasteiger partial charge < -0.3 is 4.74 Å². The Bertz CT molecular complexity index is 182. The topological polar surface area (TPSA) is 43.4 Å². The lowest BCUT2D eigenvalue weighted by Crippen LogP contribution is -2.19. The minimum absolute atomic E-state index is 0.185. The van der Waals surface area contributed by atoms with Crippen molar-refractivity contribution in [3.8, 4) is 0 Å². The quantitative estimate of drug-likeness (QED) is 0.363. The van der Waals surface area contributed by atoms with Gasteiger partial charge in [-0.15, -0.1) is 0 Å². The normalized spacial score (nSPS) is 13.3. The van der Waals surface area contributed by atoms with Crippen LogP contribution >= 0.6 is 0 Å². The fourth-order valence-electron chi connectivity index (χ4n) is 0.744. The average Bonchev–Trinajstić information content (AvgIpc) is 1.96. The fourth-order valence-corrected chi connectivity index (χ4v) is 0.744. The summed E-state index contributed by atoms with van der Waals surface area (Å²) in [5.41, 5.74) is 0. The molecule has 0 heterocycles. The Morgan fingerprint density at radius 2 is 2.00 bits per heavy atom.